The summed E-state index contributed by atoms with van der Waals surface area (Å²) in [5, 5.41) is 5.52. The Labute approximate surface area is 75.8 Å². The summed E-state index contributed by atoms with van der Waals surface area (Å²) in [6.07, 6.45) is 1.93. The number of benzene rings is 1. The normalized spacial score (nSPS) is 11.0. The van der Waals surface area contributed by atoms with Crippen LogP contribution in [0.1, 0.15) is 0 Å². The molecule has 0 unspecified atom stereocenters. The summed E-state index contributed by atoms with van der Waals surface area (Å²) in [6.45, 7) is 0. The number of fused-ring (bicyclic) bond motifs is 1. The van der Waals surface area contributed by atoms with E-state index in [0.29, 0.717) is 0 Å². The first-order valence-corrected chi connectivity index (χ1v) is 6.47. The van der Waals surface area contributed by atoms with E-state index in [9.17, 15) is 0 Å². The van der Waals surface area contributed by atoms with Crippen LogP contribution >= 0.6 is 0 Å². The van der Waals surface area contributed by atoms with Gasteiger partial charge in [0, 0.05) is 0 Å². The minimum absolute atomic E-state index is 0.0503. The zero-order valence-corrected chi connectivity index (χ0v) is 8.32. The van der Waals surface area contributed by atoms with E-state index in [0.717, 1.165) is 0 Å². The molecule has 0 aliphatic carbocycles. The molecule has 0 saturated carbocycles. The number of aromatic nitrogens is 2. The van der Waals surface area contributed by atoms with E-state index in [2.05, 4.69) is 31.1 Å². The summed E-state index contributed by atoms with van der Waals surface area (Å²) in [5.41, 5.74) is 1.27. The van der Waals surface area contributed by atoms with Gasteiger partial charge in [-0.25, -0.2) is 0 Å². The van der Waals surface area contributed by atoms with Gasteiger partial charge in [-0.05, 0) is 0 Å². The van der Waals surface area contributed by atoms with Crippen molar-refractivity contribution in [2.75, 3.05) is 4.93 Å². The van der Waals surface area contributed by atoms with Crippen LogP contribution in [0.4, 0.5) is 0 Å². The molecule has 2 nitrogen and oxygen atoms in total. The molecular weight excluding hydrogens is 251 g/mol. The Morgan fingerprint density at radius 1 is 1.36 bits per heavy atom. The van der Waals surface area contributed by atoms with Gasteiger partial charge in [0.15, 0.2) is 0 Å². The summed E-state index contributed by atoms with van der Waals surface area (Å²) in [4.78, 5) is 2.21. The third-order valence-electron chi connectivity index (χ3n) is 1.59. The van der Waals surface area contributed by atoms with Gasteiger partial charge in [0.1, 0.15) is 0 Å². The molecule has 0 amide bonds. The maximum atomic E-state index is 4.28. The first kappa shape index (κ1) is 7.09. The van der Waals surface area contributed by atoms with Gasteiger partial charge >= 0.3 is 75.8 Å². The van der Waals surface area contributed by atoms with Crippen LogP contribution in [-0.4, -0.2) is 12.9 Å². The fourth-order valence-corrected chi connectivity index (χ4v) is 2.41. The molecule has 0 aliphatic rings. The molecule has 0 saturated heterocycles. The van der Waals surface area contributed by atoms with E-state index in [1.807, 2.05) is 12.3 Å². The van der Waals surface area contributed by atoms with Gasteiger partial charge in [-0.1, -0.05) is 0 Å². The first-order chi connectivity index (χ1) is 5.42. The molecular formula is C8H8IN2-. The second kappa shape index (κ2) is 2.81. The van der Waals surface area contributed by atoms with Crippen molar-refractivity contribution >= 4 is 10.9 Å². The monoisotopic (exact) mass is 259 g/mol. The summed E-state index contributed by atoms with van der Waals surface area (Å²) in [6, 6.07) is 8.31. The molecule has 0 atom stereocenters. The summed E-state index contributed by atoms with van der Waals surface area (Å²) in [5.74, 6) is 0. The summed E-state index contributed by atoms with van der Waals surface area (Å²) in [7, 11) is 0. The van der Waals surface area contributed by atoms with Crippen LogP contribution in [0.2, 0.25) is 0 Å². The maximum absolute atomic E-state index is 4.28. The Bertz CT molecular complexity index is 367. The molecule has 2 rings (SSSR count). The van der Waals surface area contributed by atoms with E-state index in [1.54, 1.807) is 0 Å². The fourth-order valence-electron chi connectivity index (χ4n) is 1.07. The van der Waals surface area contributed by atoms with Crippen LogP contribution in [0.25, 0.3) is 10.9 Å². The molecule has 0 bridgehead atoms. The average molecular weight is 259 g/mol. The number of rotatable bonds is 1. The Morgan fingerprint density at radius 2 is 2.18 bits per heavy atom. The van der Waals surface area contributed by atoms with E-state index in [1.165, 1.54) is 10.9 Å². The van der Waals surface area contributed by atoms with Crippen molar-refractivity contribution in [3.8, 4) is 0 Å². The molecule has 1 aromatic carbocycles. The number of hydrogen-bond donors (Lipinski definition) is 0. The van der Waals surface area contributed by atoms with Gasteiger partial charge in [-0.15, -0.1) is 0 Å². The number of halogens is 1. The number of alkyl halides is 1. The van der Waals surface area contributed by atoms with E-state index in [4.69, 9.17) is 0 Å². The molecule has 1 heterocycles. The van der Waals surface area contributed by atoms with Gasteiger partial charge < -0.3 is 0 Å². The SMILES string of the molecule is C[I-]n1ncc2ccccc21. The van der Waals surface area contributed by atoms with Crippen molar-refractivity contribution < 1.29 is 21.5 Å². The third-order valence-corrected chi connectivity index (χ3v) is 3.28. The molecule has 1 aromatic heterocycles. The zero-order chi connectivity index (χ0) is 7.68. The Morgan fingerprint density at radius 3 is 3.00 bits per heavy atom. The molecule has 0 N–H and O–H groups in total. The van der Waals surface area contributed by atoms with Crippen molar-refractivity contribution in [3.05, 3.63) is 30.5 Å². The van der Waals surface area contributed by atoms with Gasteiger partial charge in [0.25, 0.3) is 0 Å². The van der Waals surface area contributed by atoms with E-state index < -0.39 is 0 Å². The summed E-state index contributed by atoms with van der Waals surface area (Å²) >= 11 is 0.0503. The minimum atomic E-state index is 0.0503. The van der Waals surface area contributed by atoms with Crippen molar-refractivity contribution in [1.29, 1.82) is 0 Å². The predicted molar refractivity (Wildman–Crippen MR) is 41.1 cm³/mol. The van der Waals surface area contributed by atoms with Crippen LogP contribution in [0.15, 0.2) is 30.5 Å². The van der Waals surface area contributed by atoms with Crippen LogP contribution in [0.5, 0.6) is 0 Å². The number of nitrogens with zero attached hydrogens (tertiary/aromatic N) is 2. The Kier molecular flexibility index (Phi) is 1.81. The van der Waals surface area contributed by atoms with Crippen molar-refractivity contribution in [2.24, 2.45) is 0 Å². The van der Waals surface area contributed by atoms with Gasteiger partial charge in [0.2, 0.25) is 0 Å². The molecule has 0 fully saturated rings. The van der Waals surface area contributed by atoms with Crippen LogP contribution in [0.3, 0.4) is 0 Å². The van der Waals surface area contributed by atoms with Crippen molar-refractivity contribution in [2.45, 2.75) is 0 Å². The van der Waals surface area contributed by atoms with Gasteiger partial charge in [0.05, 0.1) is 0 Å². The van der Waals surface area contributed by atoms with Crippen molar-refractivity contribution in [1.82, 2.24) is 7.99 Å². The zero-order valence-electron chi connectivity index (χ0n) is 6.16. The number of hydrogen-bond acceptors (Lipinski definition) is 1. The van der Waals surface area contributed by atoms with Crippen LogP contribution in [0, 0.1) is 0 Å². The average Bonchev–Trinajstić information content (AvgIpc) is 2.47. The molecule has 2 aromatic rings. The van der Waals surface area contributed by atoms with Crippen LogP contribution < -0.4 is 21.5 Å². The quantitative estimate of drug-likeness (QED) is 0.451. The predicted octanol–water partition coefficient (Wildman–Crippen LogP) is -1.48. The third kappa shape index (κ3) is 1.13. The molecule has 0 spiro atoms. The van der Waals surface area contributed by atoms with Gasteiger partial charge in [-0.2, -0.15) is 0 Å². The fraction of sp³-hybridized carbons (Fsp3) is 0.125. The molecule has 3 heteroatoms. The second-order valence-corrected chi connectivity index (χ2v) is 4.11. The molecule has 0 aliphatic heterocycles. The topological polar surface area (TPSA) is 17.8 Å². The first-order valence-electron chi connectivity index (χ1n) is 3.34. The Hall–Kier alpha value is -0.580. The van der Waals surface area contributed by atoms with Crippen LogP contribution in [-0.2, 0) is 0 Å². The van der Waals surface area contributed by atoms with E-state index in [-0.39, 0.29) is 21.5 Å². The standard InChI is InChI=1S/C8H8IN2/c1-9-11-8-5-3-2-4-7(8)6-10-11/h2-6H,1H3/q-1. The second-order valence-electron chi connectivity index (χ2n) is 2.23. The van der Waals surface area contributed by atoms with Crippen molar-refractivity contribution in [3.63, 3.8) is 0 Å². The number of para-hydroxylation sites is 1. The molecule has 58 valence electrons. The molecule has 11 heavy (non-hydrogen) atoms. The Balaban J connectivity index is 2.76. The summed E-state index contributed by atoms with van der Waals surface area (Å²) < 4.78 is 2.11. The molecule has 0 radical (unpaired) electrons. The van der Waals surface area contributed by atoms with E-state index >= 15 is 0 Å². The van der Waals surface area contributed by atoms with Gasteiger partial charge in [-0.3, -0.25) is 0 Å².